The number of hydrogen-bond donors (Lipinski definition) is 1. The van der Waals surface area contributed by atoms with E-state index in [4.69, 9.17) is 0 Å². The number of nitrogens with one attached hydrogen (secondary N) is 1. The number of rotatable bonds is 2. The number of halogens is 1. The summed E-state index contributed by atoms with van der Waals surface area (Å²) in [5.41, 5.74) is 4.08. The van der Waals surface area contributed by atoms with E-state index in [-0.39, 0.29) is 12.4 Å². The summed E-state index contributed by atoms with van der Waals surface area (Å²) in [5.74, 6) is 0.712. The van der Waals surface area contributed by atoms with E-state index in [2.05, 4.69) is 59.9 Å². The van der Waals surface area contributed by atoms with Crippen LogP contribution in [0.25, 0.3) is 11.1 Å². The van der Waals surface area contributed by atoms with Crippen molar-refractivity contribution in [2.24, 2.45) is 0 Å². The van der Waals surface area contributed by atoms with Crippen LogP contribution in [-0.4, -0.2) is 13.1 Å². The summed E-state index contributed by atoms with van der Waals surface area (Å²) in [7, 11) is 0. The maximum Gasteiger partial charge on any atom is 0.00887 e. The van der Waals surface area contributed by atoms with Gasteiger partial charge in [0, 0.05) is 19.0 Å². The molecule has 1 nitrogen and oxygen atoms in total. The highest BCUT2D eigenvalue weighted by Crippen LogP contribution is 2.25. The minimum absolute atomic E-state index is 0. The van der Waals surface area contributed by atoms with Gasteiger partial charge >= 0.3 is 0 Å². The fraction of sp³-hybridized carbons (Fsp3) is 0.200. The summed E-state index contributed by atoms with van der Waals surface area (Å²) in [6, 6.07) is 19.5. The summed E-state index contributed by atoms with van der Waals surface area (Å²) in [4.78, 5) is 0. The van der Waals surface area contributed by atoms with Crippen molar-refractivity contribution < 1.29 is 0 Å². The lowest BCUT2D eigenvalue weighted by molar-refractivity contribution is 0.448. The molecule has 1 aliphatic heterocycles. The van der Waals surface area contributed by atoms with Crippen LogP contribution < -0.4 is 5.32 Å². The average Bonchev–Trinajstić information content (AvgIpc) is 2.28. The second-order valence-corrected chi connectivity index (χ2v) is 4.35. The molecule has 88 valence electrons. The molecule has 0 unspecified atom stereocenters. The van der Waals surface area contributed by atoms with E-state index in [9.17, 15) is 0 Å². The smallest absolute Gasteiger partial charge is 0.00887 e. The lowest BCUT2D eigenvalue weighted by atomic mass is 9.91. The zero-order valence-electron chi connectivity index (χ0n) is 9.60. The Bertz CT molecular complexity index is 477. The van der Waals surface area contributed by atoms with Gasteiger partial charge in [0.25, 0.3) is 0 Å². The molecule has 0 aliphatic carbocycles. The molecule has 2 aromatic rings. The van der Waals surface area contributed by atoms with Gasteiger partial charge in [-0.15, -0.1) is 12.4 Å². The molecule has 0 radical (unpaired) electrons. The Kier molecular flexibility index (Phi) is 3.82. The van der Waals surface area contributed by atoms with E-state index in [1.165, 1.54) is 16.7 Å². The highest BCUT2D eigenvalue weighted by Gasteiger charge is 2.18. The molecule has 1 N–H and O–H groups in total. The predicted molar refractivity (Wildman–Crippen MR) is 74.7 cm³/mol. The van der Waals surface area contributed by atoms with Gasteiger partial charge in [0.05, 0.1) is 0 Å². The highest BCUT2D eigenvalue weighted by molar-refractivity contribution is 5.85. The molecule has 17 heavy (non-hydrogen) atoms. The first-order valence-electron chi connectivity index (χ1n) is 5.79. The Balaban J connectivity index is 0.00000108. The molecule has 1 fully saturated rings. The van der Waals surface area contributed by atoms with Crippen molar-refractivity contribution >= 4 is 12.4 Å². The maximum absolute atomic E-state index is 3.32. The third kappa shape index (κ3) is 2.51. The Morgan fingerprint density at radius 2 is 1.53 bits per heavy atom. The Morgan fingerprint density at radius 3 is 2.18 bits per heavy atom. The molecule has 1 aliphatic rings. The van der Waals surface area contributed by atoms with Crippen LogP contribution >= 0.6 is 12.4 Å². The maximum atomic E-state index is 3.32. The van der Waals surface area contributed by atoms with Gasteiger partial charge in [0.2, 0.25) is 0 Å². The van der Waals surface area contributed by atoms with Crippen LogP contribution in [0.3, 0.4) is 0 Å². The van der Waals surface area contributed by atoms with E-state index in [1.807, 2.05) is 0 Å². The van der Waals surface area contributed by atoms with E-state index in [0.29, 0.717) is 5.92 Å². The lowest BCUT2D eigenvalue weighted by Crippen LogP contribution is -2.39. The average molecular weight is 246 g/mol. The molecular weight excluding hydrogens is 230 g/mol. The van der Waals surface area contributed by atoms with E-state index in [1.54, 1.807) is 0 Å². The zero-order valence-corrected chi connectivity index (χ0v) is 10.4. The summed E-state index contributed by atoms with van der Waals surface area (Å²) in [6.45, 7) is 2.25. The minimum atomic E-state index is 0. The first-order chi connectivity index (χ1) is 7.93. The summed E-state index contributed by atoms with van der Waals surface area (Å²) in [5, 5.41) is 3.32. The molecule has 1 heterocycles. The lowest BCUT2D eigenvalue weighted by Gasteiger charge is -2.27. The minimum Gasteiger partial charge on any atom is -0.315 e. The standard InChI is InChI=1S/C15H15N.ClH/c1-2-5-12(6-3-1)13-7-4-8-14(9-13)15-10-16-11-15;/h1-9,15-16H,10-11H2;1H. The van der Waals surface area contributed by atoms with Crippen molar-refractivity contribution in [2.45, 2.75) is 5.92 Å². The van der Waals surface area contributed by atoms with Gasteiger partial charge in [-0.05, 0) is 16.7 Å². The summed E-state index contributed by atoms with van der Waals surface area (Å²) in [6.07, 6.45) is 0. The molecule has 0 saturated carbocycles. The molecule has 2 aromatic carbocycles. The van der Waals surface area contributed by atoms with E-state index < -0.39 is 0 Å². The van der Waals surface area contributed by atoms with Crippen LogP contribution in [0.15, 0.2) is 54.6 Å². The number of hydrogen-bond acceptors (Lipinski definition) is 1. The van der Waals surface area contributed by atoms with Crippen LogP contribution in [0.1, 0.15) is 11.5 Å². The van der Waals surface area contributed by atoms with E-state index in [0.717, 1.165) is 13.1 Å². The highest BCUT2D eigenvalue weighted by atomic mass is 35.5. The van der Waals surface area contributed by atoms with Crippen LogP contribution in [-0.2, 0) is 0 Å². The Labute approximate surface area is 108 Å². The third-order valence-electron chi connectivity index (χ3n) is 3.25. The zero-order chi connectivity index (χ0) is 10.8. The molecule has 0 spiro atoms. The van der Waals surface area contributed by atoms with Gasteiger partial charge in [0.1, 0.15) is 0 Å². The van der Waals surface area contributed by atoms with Crippen molar-refractivity contribution in [2.75, 3.05) is 13.1 Å². The van der Waals surface area contributed by atoms with Gasteiger partial charge in [-0.2, -0.15) is 0 Å². The van der Waals surface area contributed by atoms with Gasteiger partial charge in [0.15, 0.2) is 0 Å². The molecule has 0 bridgehead atoms. The van der Waals surface area contributed by atoms with Gasteiger partial charge in [-0.3, -0.25) is 0 Å². The topological polar surface area (TPSA) is 12.0 Å². The SMILES string of the molecule is Cl.c1ccc(-c2cccc(C3CNC3)c2)cc1. The normalized spacial score (nSPS) is 14.8. The summed E-state index contributed by atoms with van der Waals surface area (Å²) < 4.78 is 0. The summed E-state index contributed by atoms with van der Waals surface area (Å²) >= 11 is 0. The van der Waals surface area contributed by atoms with Crippen LogP contribution in [0, 0.1) is 0 Å². The van der Waals surface area contributed by atoms with Crippen molar-refractivity contribution in [1.82, 2.24) is 5.32 Å². The fourth-order valence-corrected chi connectivity index (χ4v) is 2.13. The molecule has 2 heteroatoms. The molecule has 3 rings (SSSR count). The molecule has 0 atom stereocenters. The third-order valence-corrected chi connectivity index (χ3v) is 3.25. The van der Waals surface area contributed by atoms with Crippen molar-refractivity contribution in [3.63, 3.8) is 0 Å². The van der Waals surface area contributed by atoms with Crippen LogP contribution in [0.5, 0.6) is 0 Å². The second-order valence-electron chi connectivity index (χ2n) is 4.35. The van der Waals surface area contributed by atoms with Gasteiger partial charge in [-0.25, -0.2) is 0 Å². The Hall–Kier alpha value is -1.31. The second kappa shape index (κ2) is 5.35. The van der Waals surface area contributed by atoms with Crippen molar-refractivity contribution in [3.8, 4) is 11.1 Å². The fourth-order valence-electron chi connectivity index (χ4n) is 2.13. The van der Waals surface area contributed by atoms with Crippen LogP contribution in [0.4, 0.5) is 0 Å². The molecule has 1 saturated heterocycles. The van der Waals surface area contributed by atoms with E-state index >= 15 is 0 Å². The first-order valence-corrected chi connectivity index (χ1v) is 5.79. The van der Waals surface area contributed by atoms with Crippen molar-refractivity contribution in [1.29, 1.82) is 0 Å². The molecule has 0 aromatic heterocycles. The van der Waals surface area contributed by atoms with Crippen molar-refractivity contribution in [3.05, 3.63) is 60.2 Å². The predicted octanol–water partition coefficient (Wildman–Crippen LogP) is 3.46. The monoisotopic (exact) mass is 245 g/mol. The molecular formula is C15H16ClN. The quantitative estimate of drug-likeness (QED) is 0.855. The molecule has 0 amide bonds. The first kappa shape index (κ1) is 12.2. The van der Waals surface area contributed by atoms with Gasteiger partial charge < -0.3 is 5.32 Å². The Morgan fingerprint density at radius 1 is 0.824 bits per heavy atom. The van der Waals surface area contributed by atoms with Crippen LogP contribution in [0.2, 0.25) is 0 Å². The van der Waals surface area contributed by atoms with Gasteiger partial charge in [-0.1, -0.05) is 54.6 Å². The largest absolute Gasteiger partial charge is 0.315 e. The number of benzene rings is 2.